The van der Waals surface area contributed by atoms with Crippen LogP contribution in [0.15, 0.2) is 46.8 Å². The lowest BCUT2D eigenvalue weighted by Crippen LogP contribution is -2.10. The summed E-state index contributed by atoms with van der Waals surface area (Å²) in [7, 11) is 0. The molecule has 0 saturated heterocycles. The molecule has 0 fully saturated rings. The molecule has 8 heteroatoms. The van der Waals surface area contributed by atoms with Gasteiger partial charge in [0.05, 0.1) is 29.2 Å². The summed E-state index contributed by atoms with van der Waals surface area (Å²) in [5.74, 6) is 0.694. The summed E-state index contributed by atoms with van der Waals surface area (Å²) in [6.07, 6.45) is 7.34. The van der Waals surface area contributed by atoms with Crippen molar-refractivity contribution in [2.24, 2.45) is 15.4 Å². The third-order valence-electron chi connectivity index (χ3n) is 4.77. The first kappa shape index (κ1) is 20.6. The summed E-state index contributed by atoms with van der Waals surface area (Å²) in [6.45, 7) is 13.4. The van der Waals surface area contributed by atoms with E-state index in [1.807, 2.05) is 19.2 Å². The quantitative estimate of drug-likeness (QED) is 0.453. The molecular formula is C23H26N8. The van der Waals surface area contributed by atoms with Gasteiger partial charge in [0.2, 0.25) is 0 Å². The Hall–Kier alpha value is -3.68. The first-order valence-corrected chi connectivity index (χ1v) is 10.1. The Labute approximate surface area is 180 Å². The van der Waals surface area contributed by atoms with Crippen LogP contribution in [0.3, 0.4) is 0 Å². The third-order valence-corrected chi connectivity index (χ3v) is 4.77. The smallest absolute Gasteiger partial charge is 0.181 e. The average molecular weight is 415 g/mol. The van der Waals surface area contributed by atoms with Gasteiger partial charge in [0, 0.05) is 24.7 Å². The lowest BCUT2D eigenvalue weighted by Gasteiger charge is -2.14. The number of nitrogens with zero attached hydrogens (tertiary/aromatic N) is 6. The maximum atomic E-state index is 4.70. The minimum absolute atomic E-state index is 0.139. The van der Waals surface area contributed by atoms with E-state index < -0.39 is 0 Å². The van der Waals surface area contributed by atoms with Crippen LogP contribution < -0.4 is 0 Å². The summed E-state index contributed by atoms with van der Waals surface area (Å²) in [6, 6.07) is 3.93. The van der Waals surface area contributed by atoms with Crippen molar-refractivity contribution in [3.05, 3.63) is 42.4 Å². The molecule has 0 bridgehead atoms. The van der Waals surface area contributed by atoms with E-state index in [2.05, 4.69) is 74.8 Å². The Balaban J connectivity index is 1.75. The number of imidazole rings is 1. The molecule has 0 aliphatic carbocycles. The average Bonchev–Trinajstić information content (AvgIpc) is 3.34. The molecule has 0 atom stereocenters. The molecule has 0 aromatic carbocycles. The van der Waals surface area contributed by atoms with Crippen molar-refractivity contribution in [3.63, 3.8) is 0 Å². The van der Waals surface area contributed by atoms with Gasteiger partial charge in [-0.25, -0.2) is 9.97 Å². The van der Waals surface area contributed by atoms with Gasteiger partial charge in [0.25, 0.3) is 0 Å². The van der Waals surface area contributed by atoms with Crippen LogP contribution in [0, 0.1) is 5.41 Å². The number of hydrogen-bond acceptors (Lipinski definition) is 6. The fourth-order valence-electron chi connectivity index (χ4n) is 3.23. The number of fused-ring (bicyclic) bond motifs is 2. The van der Waals surface area contributed by atoms with E-state index in [9.17, 15) is 0 Å². The molecule has 0 aliphatic rings. The van der Waals surface area contributed by atoms with Gasteiger partial charge in [-0.2, -0.15) is 5.10 Å². The van der Waals surface area contributed by atoms with Crippen molar-refractivity contribution in [2.75, 3.05) is 13.1 Å². The summed E-state index contributed by atoms with van der Waals surface area (Å²) < 4.78 is 0. The fourth-order valence-corrected chi connectivity index (χ4v) is 3.23. The Morgan fingerprint density at radius 1 is 1.26 bits per heavy atom. The topological polar surface area (TPSA) is 108 Å². The molecule has 4 aromatic rings. The van der Waals surface area contributed by atoms with Crippen molar-refractivity contribution in [1.29, 1.82) is 0 Å². The molecule has 0 aliphatic heterocycles. The number of aliphatic imine (C=N–C) groups is 2. The monoisotopic (exact) mass is 414 g/mol. The van der Waals surface area contributed by atoms with Crippen LogP contribution in [0.5, 0.6) is 0 Å². The van der Waals surface area contributed by atoms with Crippen molar-refractivity contribution in [1.82, 2.24) is 30.1 Å². The summed E-state index contributed by atoms with van der Waals surface area (Å²) >= 11 is 0. The molecule has 31 heavy (non-hydrogen) atoms. The van der Waals surface area contributed by atoms with Gasteiger partial charge in [0.15, 0.2) is 11.5 Å². The fraction of sp³-hybridized carbons (Fsp3) is 0.304. The van der Waals surface area contributed by atoms with Crippen molar-refractivity contribution < 1.29 is 0 Å². The van der Waals surface area contributed by atoms with Crippen LogP contribution in [0.1, 0.15) is 33.3 Å². The summed E-state index contributed by atoms with van der Waals surface area (Å²) in [5, 5.41) is 8.28. The Kier molecular flexibility index (Phi) is 5.46. The highest BCUT2D eigenvalue weighted by Crippen LogP contribution is 2.27. The molecule has 0 saturated carbocycles. The molecule has 4 heterocycles. The lowest BCUT2D eigenvalue weighted by molar-refractivity contribution is 0.429. The van der Waals surface area contributed by atoms with E-state index in [-0.39, 0.29) is 5.41 Å². The molecule has 4 aromatic heterocycles. The largest absolute Gasteiger partial charge is 0.335 e. The van der Waals surface area contributed by atoms with Gasteiger partial charge in [-0.15, -0.1) is 0 Å². The summed E-state index contributed by atoms with van der Waals surface area (Å²) in [5.41, 5.74) is 6.16. The molecular weight excluding hydrogens is 388 g/mol. The number of rotatable bonds is 6. The number of aromatic nitrogens is 6. The molecule has 0 unspecified atom stereocenters. The highest BCUT2D eigenvalue weighted by Gasteiger charge is 2.15. The van der Waals surface area contributed by atoms with Gasteiger partial charge >= 0.3 is 0 Å². The van der Waals surface area contributed by atoms with E-state index in [0.29, 0.717) is 18.0 Å². The van der Waals surface area contributed by atoms with Gasteiger partial charge < -0.3 is 4.98 Å². The first-order chi connectivity index (χ1) is 14.8. The molecule has 2 N–H and O–H groups in total. The second-order valence-electron chi connectivity index (χ2n) is 8.74. The van der Waals surface area contributed by atoms with E-state index in [4.69, 9.17) is 4.99 Å². The normalized spacial score (nSPS) is 13.3. The van der Waals surface area contributed by atoms with Gasteiger partial charge in [-0.05, 0) is 48.4 Å². The number of H-pyrrole nitrogens is 2. The molecule has 158 valence electrons. The zero-order valence-corrected chi connectivity index (χ0v) is 18.3. The Morgan fingerprint density at radius 3 is 2.84 bits per heavy atom. The number of nitrogens with one attached hydrogen (secondary N) is 2. The number of pyridine rings is 2. The first-order valence-electron chi connectivity index (χ1n) is 10.1. The zero-order valence-electron chi connectivity index (χ0n) is 18.3. The second kappa shape index (κ2) is 8.22. The highest BCUT2D eigenvalue weighted by atomic mass is 15.2. The summed E-state index contributed by atoms with van der Waals surface area (Å²) in [4.78, 5) is 25.4. The number of allylic oxidation sites excluding steroid dienone is 1. The minimum Gasteiger partial charge on any atom is -0.335 e. The molecule has 0 amide bonds. The number of hydrogen-bond donors (Lipinski definition) is 2. The molecule has 4 rings (SSSR count). The Bertz CT molecular complexity index is 1270. The van der Waals surface area contributed by atoms with E-state index in [0.717, 1.165) is 45.5 Å². The van der Waals surface area contributed by atoms with Gasteiger partial charge in [-0.1, -0.05) is 20.8 Å². The van der Waals surface area contributed by atoms with E-state index in [1.54, 1.807) is 12.4 Å². The van der Waals surface area contributed by atoms with Crippen LogP contribution in [-0.2, 0) is 0 Å². The van der Waals surface area contributed by atoms with Crippen LogP contribution >= 0.6 is 0 Å². The molecule has 8 nitrogen and oxygen atoms in total. The second-order valence-corrected chi connectivity index (χ2v) is 8.74. The molecule has 0 radical (unpaired) electrons. The van der Waals surface area contributed by atoms with Crippen LogP contribution in [0.4, 0.5) is 0 Å². The van der Waals surface area contributed by atoms with Crippen LogP contribution in [0.2, 0.25) is 0 Å². The SMILES string of the molecule is C=NC/C(=C\C(C)=NCC(C)(C)C)c1cnc2n[nH]c(-c3nc4ccncc4[nH]3)c2c1. The maximum absolute atomic E-state index is 4.70. The van der Waals surface area contributed by atoms with Gasteiger partial charge in [-0.3, -0.25) is 20.1 Å². The van der Waals surface area contributed by atoms with Crippen LogP contribution in [-0.4, -0.2) is 55.7 Å². The van der Waals surface area contributed by atoms with Crippen molar-refractivity contribution in [3.8, 4) is 11.5 Å². The molecule has 0 spiro atoms. The predicted octanol–water partition coefficient (Wildman–Crippen LogP) is 4.49. The standard InChI is InChI=1S/C23H26N8/c1-14(27-13-23(2,3)4)8-15(10-24-5)16-9-17-20(30-31-21(17)26-11-16)22-28-18-6-7-25-12-19(18)29-22/h6-9,11-12H,5,10,13H2,1-4H3,(H,28,29)(H,26,30,31)/b15-8+,27-14?. The van der Waals surface area contributed by atoms with Crippen molar-refractivity contribution >= 4 is 40.1 Å². The van der Waals surface area contributed by atoms with Crippen molar-refractivity contribution in [2.45, 2.75) is 27.7 Å². The Morgan fingerprint density at radius 2 is 2.10 bits per heavy atom. The lowest BCUT2D eigenvalue weighted by atomic mass is 9.97. The number of aromatic amines is 2. The van der Waals surface area contributed by atoms with E-state index >= 15 is 0 Å². The third kappa shape index (κ3) is 4.58. The van der Waals surface area contributed by atoms with Crippen LogP contribution in [0.25, 0.3) is 39.2 Å². The zero-order chi connectivity index (χ0) is 22.0. The predicted molar refractivity (Wildman–Crippen MR) is 127 cm³/mol. The maximum Gasteiger partial charge on any atom is 0.181 e. The highest BCUT2D eigenvalue weighted by molar-refractivity contribution is 6.01. The van der Waals surface area contributed by atoms with E-state index in [1.165, 1.54) is 0 Å². The van der Waals surface area contributed by atoms with Gasteiger partial charge in [0.1, 0.15) is 5.69 Å². The minimum atomic E-state index is 0.139.